The molecule has 6 nitrogen and oxygen atoms in total. The van der Waals surface area contributed by atoms with Crippen LogP contribution in [-0.2, 0) is 18.9 Å². The summed E-state index contributed by atoms with van der Waals surface area (Å²) in [4.78, 5) is 18.9. The quantitative estimate of drug-likeness (QED) is 0.541. The smallest absolute Gasteiger partial charge is 0.343 e. The highest BCUT2D eigenvalue weighted by molar-refractivity contribution is 7.13. The van der Waals surface area contributed by atoms with Gasteiger partial charge in [-0.15, -0.1) is 11.3 Å². The molecule has 0 spiro atoms. The number of halogens is 6. The molecule has 0 aromatic carbocycles. The predicted molar refractivity (Wildman–Crippen MR) is 102 cm³/mol. The second-order valence-electron chi connectivity index (χ2n) is 7.18. The molecule has 0 saturated carbocycles. The zero-order chi connectivity index (χ0) is 23.3. The lowest BCUT2D eigenvalue weighted by Crippen LogP contribution is -2.33. The molecule has 4 heterocycles. The van der Waals surface area contributed by atoms with Crippen LogP contribution in [0.1, 0.15) is 50.6 Å². The normalized spacial score (nSPS) is 16.7. The lowest BCUT2D eigenvalue weighted by Gasteiger charge is -2.24. The number of amides is 1. The van der Waals surface area contributed by atoms with Crippen molar-refractivity contribution >= 4 is 17.2 Å². The Balaban J connectivity index is 1.62. The Kier molecular flexibility index (Phi) is 5.47. The van der Waals surface area contributed by atoms with Crippen molar-refractivity contribution in [3.8, 4) is 11.3 Å². The number of aryl methyl sites for hydroxylation is 2. The number of hydrogen-bond donors (Lipinski definition) is 1. The number of nitrogens with zero attached hydrogens (tertiary/aromatic N) is 4. The fourth-order valence-corrected chi connectivity index (χ4v) is 4.35. The van der Waals surface area contributed by atoms with Crippen molar-refractivity contribution in [3.05, 3.63) is 51.4 Å². The van der Waals surface area contributed by atoms with E-state index >= 15 is 0 Å². The molecule has 1 aliphatic heterocycles. The molecule has 0 fully saturated rings. The molecule has 13 heteroatoms. The fraction of sp³-hybridized carbons (Fsp3) is 0.368. The number of rotatable bonds is 3. The van der Waals surface area contributed by atoms with Gasteiger partial charge < -0.3 is 5.32 Å². The molecule has 1 unspecified atom stereocenters. The largest absolute Gasteiger partial charge is 0.435 e. The van der Waals surface area contributed by atoms with Crippen LogP contribution in [0.3, 0.4) is 0 Å². The van der Waals surface area contributed by atoms with Crippen molar-refractivity contribution in [2.75, 3.05) is 0 Å². The van der Waals surface area contributed by atoms with Crippen LogP contribution in [0, 0.1) is 6.92 Å². The molecule has 1 amide bonds. The van der Waals surface area contributed by atoms with Gasteiger partial charge in [0.25, 0.3) is 5.91 Å². The molecule has 0 aliphatic carbocycles. The van der Waals surface area contributed by atoms with Gasteiger partial charge >= 0.3 is 12.4 Å². The molecular formula is C19H15F6N5OS. The SMILES string of the molecule is Cc1nc(C(F)(F)F)c(C(=O)NC2CCCn3nc(-c4ccnc(C(F)(F)F)c4)cc32)s1. The maximum Gasteiger partial charge on any atom is 0.435 e. The van der Waals surface area contributed by atoms with Crippen molar-refractivity contribution in [1.29, 1.82) is 0 Å². The van der Waals surface area contributed by atoms with Crippen molar-refractivity contribution in [3.63, 3.8) is 0 Å². The average molecular weight is 475 g/mol. The summed E-state index contributed by atoms with van der Waals surface area (Å²) in [6.07, 6.45) is -7.33. The van der Waals surface area contributed by atoms with Gasteiger partial charge in [0.05, 0.1) is 22.4 Å². The molecular weight excluding hydrogens is 460 g/mol. The Morgan fingerprint density at radius 1 is 1.19 bits per heavy atom. The number of nitrogens with one attached hydrogen (secondary N) is 1. The van der Waals surface area contributed by atoms with E-state index in [1.807, 2.05) is 0 Å². The van der Waals surface area contributed by atoms with Crippen LogP contribution < -0.4 is 5.32 Å². The van der Waals surface area contributed by atoms with Crippen LogP contribution >= 0.6 is 11.3 Å². The highest BCUT2D eigenvalue weighted by Gasteiger charge is 2.40. The summed E-state index contributed by atoms with van der Waals surface area (Å²) in [5.74, 6) is -0.910. The van der Waals surface area contributed by atoms with Crippen molar-refractivity contribution in [2.24, 2.45) is 0 Å². The van der Waals surface area contributed by atoms with E-state index in [0.717, 1.165) is 12.3 Å². The van der Waals surface area contributed by atoms with Gasteiger partial charge in [0.15, 0.2) is 5.69 Å². The monoisotopic (exact) mass is 475 g/mol. The third-order valence-electron chi connectivity index (χ3n) is 4.89. The lowest BCUT2D eigenvalue weighted by atomic mass is 10.0. The summed E-state index contributed by atoms with van der Waals surface area (Å²) >= 11 is 0.646. The molecule has 0 bridgehead atoms. The first-order valence-electron chi connectivity index (χ1n) is 9.40. The Morgan fingerprint density at radius 2 is 1.94 bits per heavy atom. The number of carbonyl (C=O) groups excluding carboxylic acids is 1. The number of alkyl halides is 6. The first-order valence-corrected chi connectivity index (χ1v) is 10.2. The molecule has 0 radical (unpaired) electrons. The fourth-order valence-electron chi connectivity index (χ4n) is 3.51. The minimum atomic E-state index is -4.77. The lowest BCUT2D eigenvalue weighted by molar-refractivity contribution is -0.141. The van der Waals surface area contributed by atoms with Crippen molar-refractivity contribution in [1.82, 2.24) is 25.1 Å². The minimum absolute atomic E-state index is 0.108. The van der Waals surface area contributed by atoms with Gasteiger partial charge in [-0.3, -0.25) is 14.5 Å². The summed E-state index contributed by atoms with van der Waals surface area (Å²) in [7, 11) is 0. The second kappa shape index (κ2) is 7.87. The zero-order valence-corrected chi connectivity index (χ0v) is 17.2. The topological polar surface area (TPSA) is 72.7 Å². The summed E-state index contributed by atoms with van der Waals surface area (Å²) in [5, 5.41) is 7.02. The van der Waals surface area contributed by atoms with Crippen molar-refractivity contribution in [2.45, 2.75) is 44.7 Å². The highest BCUT2D eigenvalue weighted by Crippen LogP contribution is 2.36. The molecule has 1 atom stereocenters. The number of thiazole rings is 1. The Morgan fingerprint density at radius 3 is 2.62 bits per heavy atom. The summed E-state index contributed by atoms with van der Waals surface area (Å²) < 4.78 is 80.1. The maximum absolute atomic E-state index is 13.2. The van der Waals surface area contributed by atoms with E-state index in [4.69, 9.17) is 0 Å². The molecule has 32 heavy (non-hydrogen) atoms. The third kappa shape index (κ3) is 4.33. The standard InChI is InChI=1S/C19H15F6N5OS/c1-9-27-16(19(23,24)25)15(32-9)17(31)28-11-3-2-6-30-13(11)8-12(29-30)10-4-5-26-14(7-10)18(20,21)22/h4-5,7-8,11H,2-3,6H2,1H3,(H,28,31). The summed E-state index contributed by atoms with van der Waals surface area (Å²) in [6, 6.07) is 3.14. The average Bonchev–Trinajstić information content (AvgIpc) is 3.32. The highest BCUT2D eigenvalue weighted by atomic mass is 32.1. The van der Waals surface area contributed by atoms with Gasteiger partial charge in [-0.1, -0.05) is 0 Å². The number of fused-ring (bicyclic) bond motifs is 1. The molecule has 3 aromatic heterocycles. The van der Waals surface area contributed by atoms with Crippen LogP contribution in [0.5, 0.6) is 0 Å². The van der Waals surface area contributed by atoms with E-state index in [-0.39, 0.29) is 16.3 Å². The van der Waals surface area contributed by atoms with Crippen LogP contribution in [0.4, 0.5) is 26.3 Å². The molecule has 170 valence electrons. The number of hydrogen-bond acceptors (Lipinski definition) is 5. The number of carbonyl (C=O) groups is 1. The third-order valence-corrected chi connectivity index (χ3v) is 5.86. The van der Waals surface area contributed by atoms with E-state index in [9.17, 15) is 31.1 Å². The van der Waals surface area contributed by atoms with Crippen LogP contribution in [0.15, 0.2) is 24.4 Å². The summed E-state index contributed by atoms with van der Waals surface area (Å²) in [5.41, 5.74) is -1.36. The number of aromatic nitrogens is 4. The number of pyridine rings is 1. The van der Waals surface area contributed by atoms with Crippen LogP contribution in [0.2, 0.25) is 0 Å². The molecule has 0 saturated heterocycles. The first-order chi connectivity index (χ1) is 14.9. The maximum atomic E-state index is 13.2. The van der Waals surface area contributed by atoms with Gasteiger partial charge in [-0.25, -0.2) is 4.98 Å². The molecule has 4 rings (SSSR count). The Hall–Kier alpha value is -2.96. The van der Waals surface area contributed by atoms with Gasteiger partial charge in [0, 0.05) is 18.3 Å². The zero-order valence-electron chi connectivity index (χ0n) is 16.4. The van der Waals surface area contributed by atoms with Gasteiger partial charge in [0.1, 0.15) is 10.6 Å². The molecule has 3 aromatic rings. The van der Waals surface area contributed by atoms with E-state index < -0.39 is 40.6 Å². The Labute approximate surface area is 181 Å². The van der Waals surface area contributed by atoms with Crippen LogP contribution in [0.25, 0.3) is 11.3 Å². The van der Waals surface area contributed by atoms with E-state index in [1.165, 1.54) is 19.1 Å². The minimum Gasteiger partial charge on any atom is -0.343 e. The molecule has 1 aliphatic rings. The van der Waals surface area contributed by atoms with Gasteiger partial charge in [0.2, 0.25) is 0 Å². The van der Waals surface area contributed by atoms with Gasteiger partial charge in [-0.2, -0.15) is 31.4 Å². The summed E-state index contributed by atoms with van der Waals surface area (Å²) in [6.45, 7) is 1.84. The van der Waals surface area contributed by atoms with E-state index in [2.05, 4.69) is 20.4 Å². The van der Waals surface area contributed by atoms with Crippen LogP contribution in [-0.4, -0.2) is 25.7 Å². The van der Waals surface area contributed by atoms with Gasteiger partial charge in [-0.05, 0) is 38.0 Å². The molecule has 1 N–H and O–H groups in total. The first kappa shape index (κ1) is 22.2. The van der Waals surface area contributed by atoms with E-state index in [0.29, 0.717) is 36.4 Å². The predicted octanol–water partition coefficient (Wildman–Crippen LogP) is 5.01. The van der Waals surface area contributed by atoms with E-state index in [1.54, 1.807) is 4.68 Å². The Bertz CT molecular complexity index is 1170. The van der Waals surface area contributed by atoms with Crippen molar-refractivity contribution < 1.29 is 31.1 Å². The second-order valence-corrected chi connectivity index (χ2v) is 8.38.